The molecular weight excluding hydrogens is 288 g/mol. The second-order valence-corrected chi connectivity index (χ2v) is 6.24. The summed E-state index contributed by atoms with van der Waals surface area (Å²) in [6.45, 7) is 5.08. The van der Waals surface area contributed by atoms with E-state index in [1.165, 1.54) is 11.3 Å². The topological polar surface area (TPSA) is 32.8 Å². The molecule has 1 heterocycles. The standard InChI is InChI=1S/C19H28N2O2/c1-4-23-19(22)17-8-6-14-21(15-17)13-5-7-16-9-11-18(12-10-16)20(2)3/h5,7,9-12,17H,4,6,8,13-15H2,1-3H3/b7-5+/t17-/m1/s1. The monoisotopic (exact) mass is 316 g/mol. The van der Waals surface area contributed by atoms with E-state index in [0.29, 0.717) is 6.61 Å². The molecule has 1 aromatic carbocycles. The molecule has 1 fully saturated rings. The van der Waals surface area contributed by atoms with Crippen molar-refractivity contribution in [2.75, 3.05) is 45.2 Å². The average molecular weight is 316 g/mol. The number of carbonyl (C=O) groups is 1. The van der Waals surface area contributed by atoms with Gasteiger partial charge in [0.25, 0.3) is 0 Å². The summed E-state index contributed by atoms with van der Waals surface area (Å²) >= 11 is 0. The second-order valence-electron chi connectivity index (χ2n) is 6.24. The molecule has 0 bridgehead atoms. The van der Waals surface area contributed by atoms with Crippen molar-refractivity contribution in [3.05, 3.63) is 35.9 Å². The van der Waals surface area contributed by atoms with Gasteiger partial charge in [-0.15, -0.1) is 0 Å². The van der Waals surface area contributed by atoms with Gasteiger partial charge in [-0.05, 0) is 44.0 Å². The highest BCUT2D eigenvalue weighted by atomic mass is 16.5. The Balaban J connectivity index is 1.83. The molecule has 0 aliphatic carbocycles. The molecule has 0 radical (unpaired) electrons. The normalized spacial score (nSPS) is 19.0. The highest BCUT2D eigenvalue weighted by Gasteiger charge is 2.25. The Morgan fingerprint density at radius 1 is 1.35 bits per heavy atom. The fraction of sp³-hybridized carbons (Fsp3) is 0.526. The highest BCUT2D eigenvalue weighted by molar-refractivity contribution is 5.72. The van der Waals surface area contributed by atoms with Crippen molar-refractivity contribution >= 4 is 17.7 Å². The fourth-order valence-corrected chi connectivity index (χ4v) is 2.90. The SMILES string of the molecule is CCOC(=O)[C@@H]1CCCN(C/C=C/c2ccc(N(C)C)cc2)C1. The molecule has 0 spiro atoms. The first-order valence-electron chi connectivity index (χ1n) is 8.43. The van der Waals surface area contributed by atoms with Crippen molar-refractivity contribution in [1.82, 2.24) is 4.90 Å². The van der Waals surface area contributed by atoms with Crippen LogP contribution in [0.25, 0.3) is 6.08 Å². The summed E-state index contributed by atoms with van der Waals surface area (Å²) in [5.41, 5.74) is 2.41. The van der Waals surface area contributed by atoms with Crippen LogP contribution in [-0.2, 0) is 9.53 Å². The van der Waals surface area contributed by atoms with Crippen LogP contribution in [0.2, 0.25) is 0 Å². The fourth-order valence-electron chi connectivity index (χ4n) is 2.90. The van der Waals surface area contributed by atoms with Crippen LogP contribution in [0.15, 0.2) is 30.3 Å². The van der Waals surface area contributed by atoms with Gasteiger partial charge in [0.1, 0.15) is 0 Å². The lowest BCUT2D eigenvalue weighted by atomic mass is 9.98. The molecule has 0 saturated carbocycles. The van der Waals surface area contributed by atoms with Crippen molar-refractivity contribution in [2.45, 2.75) is 19.8 Å². The van der Waals surface area contributed by atoms with Gasteiger partial charge in [-0.3, -0.25) is 9.69 Å². The maximum Gasteiger partial charge on any atom is 0.310 e. The molecule has 0 unspecified atom stereocenters. The lowest BCUT2D eigenvalue weighted by Crippen LogP contribution is -2.39. The zero-order valence-electron chi connectivity index (χ0n) is 14.5. The molecule has 1 aromatic rings. The Kier molecular flexibility index (Phi) is 6.66. The minimum Gasteiger partial charge on any atom is -0.466 e. The van der Waals surface area contributed by atoms with Crippen molar-refractivity contribution < 1.29 is 9.53 Å². The van der Waals surface area contributed by atoms with E-state index >= 15 is 0 Å². The number of hydrogen-bond acceptors (Lipinski definition) is 4. The molecule has 126 valence electrons. The molecule has 1 aliphatic heterocycles. The number of anilines is 1. The number of benzene rings is 1. The van der Waals surface area contributed by atoms with Crippen molar-refractivity contribution in [1.29, 1.82) is 0 Å². The predicted octanol–water partition coefficient (Wildman–Crippen LogP) is 3.04. The van der Waals surface area contributed by atoms with Gasteiger partial charge < -0.3 is 9.64 Å². The van der Waals surface area contributed by atoms with Crippen LogP contribution in [0.5, 0.6) is 0 Å². The summed E-state index contributed by atoms with van der Waals surface area (Å²) in [7, 11) is 4.09. The van der Waals surface area contributed by atoms with Gasteiger partial charge in [-0.1, -0.05) is 24.3 Å². The smallest absolute Gasteiger partial charge is 0.310 e. The summed E-state index contributed by atoms with van der Waals surface area (Å²) in [5.74, 6) is -0.00284. The molecule has 1 saturated heterocycles. The quantitative estimate of drug-likeness (QED) is 0.755. The Morgan fingerprint density at radius 2 is 2.09 bits per heavy atom. The van der Waals surface area contributed by atoms with Gasteiger partial charge in [0.05, 0.1) is 12.5 Å². The predicted molar refractivity (Wildman–Crippen MR) is 95.6 cm³/mol. The Hall–Kier alpha value is -1.81. The number of ether oxygens (including phenoxy) is 1. The summed E-state index contributed by atoms with van der Waals surface area (Å²) in [6, 6.07) is 8.50. The number of rotatable bonds is 6. The summed E-state index contributed by atoms with van der Waals surface area (Å²) in [6.07, 6.45) is 6.34. The third-order valence-corrected chi connectivity index (χ3v) is 4.21. The summed E-state index contributed by atoms with van der Waals surface area (Å²) < 4.78 is 5.15. The Bertz CT molecular complexity index is 523. The van der Waals surface area contributed by atoms with Crippen LogP contribution >= 0.6 is 0 Å². The Labute approximate surface area is 139 Å². The first kappa shape index (κ1) is 17.5. The van der Waals surface area contributed by atoms with Crippen molar-refractivity contribution in [2.24, 2.45) is 5.92 Å². The number of nitrogens with zero attached hydrogens (tertiary/aromatic N) is 2. The van der Waals surface area contributed by atoms with Crippen LogP contribution in [-0.4, -0.2) is 51.2 Å². The molecule has 0 N–H and O–H groups in total. The molecule has 23 heavy (non-hydrogen) atoms. The molecular formula is C19H28N2O2. The van der Waals surface area contributed by atoms with Gasteiger partial charge in [0.15, 0.2) is 0 Å². The number of piperidine rings is 1. The van der Waals surface area contributed by atoms with Crippen LogP contribution in [0, 0.1) is 5.92 Å². The van der Waals surface area contributed by atoms with Gasteiger partial charge >= 0.3 is 5.97 Å². The van der Waals surface area contributed by atoms with Crippen molar-refractivity contribution in [3.63, 3.8) is 0 Å². The molecule has 4 heteroatoms. The van der Waals surface area contributed by atoms with Gasteiger partial charge in [0, 0.05) is 32.9 Å². The van der Waals surface area contributed by atoms with Crippen LogP contribution < -0.4 is 4.90 Å². The van der Waals surface area contributed by atoms with Crippen molar-refractivity contribution in [3.8, 4) is 0 Å². The largest absolute Gasteiger partial charge is 0.466 e. The van der Waals surface area contributed by atoms with Crippen LogP contribution in [0.1, 0.15) is 25.3 Å². The first-order valence-corrected chi connectivity index (χ1v) is 8.43. The lowest BCUT2D eigenvalue weighted by Gasteiger charge is -2.30. The zero-order chi connectivity index (χ0) is 16.7. The second kappa shape index (κ2) is 8.73. The molecule has 2 rings (SSSR count). The zero-order valence-corrected chi connectivity index (χ0v) is 14.5. The third-order valence-electron chi connectivity index (χ3n) is 4.21. The third kappa shape index (κ3) is 5.39. The average Bonchev–Trinajstić information content (AvgIpc) is 2.56. The molecule has 1 aliphatic rings. The van der Waals surface area contributed by atoms with E-state index in [-0.39, 0.29) is 11.9 Å². The lowest BCUT2D eigenvalue weighted by molar-refractivity contribution is -0.149. The molecule has 0 aromatic heterocycles. The van der Waals surface area contributed by atoms with E-state index in [1.807, 2.05) is 21.0 Å². The maximum atomic E-state index is 11.9. The van der Waals surface area contributed by atoms with E-state index < -0.39 is 0 Å². The van der Waals surface area contributed by atoms with E-state index in [0.717, 1.165) is 32.5 Å². The van der Waals surface area contributed by atoms with E-state index in [4.69, 9.17) is 4.74 Å². The Morgan fingerprint density at radius 3 is 2.74 bits per heavy atom. The molecule has 0 amide bonds. The van der Waals surface area contributed by atoms with Gasteiger partial charge in [-0.25, -0.2) is 0 Å². The van der Waals surface area contributed by atoms with E-state index in [2.05, 4.69) is 46.2 Å². The van der Waals surface area contributed by atoms with E-state index in [9.17, 15) is 4.79 Å². The molecule has 4 nitrogen and oxygen atoms in total. The summed E-state index contributed by atoms with van der Waals surface area (Å²) in [4.78, 5) is 16.3. The van der Waals surface area contributed by atoms with Crippen LogP contribution in [0.3, 0.4) is 0 Å². The number of hydrogen-bond donors (Lipinski definition) is 0. The minimum absolute atomic E-state index is 0.0384. The van der Waals surface area contributed by atoms with Gasteiger partial charge in [0.2, 0.25) is 0 Å². The number of esters is 1. The van der Waals surface area contributed by atoms with Crippen LogP contribution in [0.4, 0.5) is 5.69 Å². The number of carbonyl (C=O) groups excluding carboxylic acids is 1. The van der Waals surface area contributed by atoms with E-state index in [1.54, 1.807) is 0 Å². The first-order chi connectivity index (χ1) is 11.1. The van der Waals surface area contributed by atoms with Gasteiger partial charge in [-0.2, -0.15) is 0 Å². The summed E-state index contributed by atoms with van der Waals surface area (Å²) in [5, 5.41) is 0. The molecule has 1 atom stereocenters. The maximum absolute atomic E-state index is 11.9. The minimum atomic E-state index is -0.0412. The number of likely N-dealkylation sites (tertiary alicyclic amines) is 1. The highest BCUT2D eigenvalue weighted by Crippen LogP contribution is 2.18.